The number of pyridine rings is 1. The Morgan fingerprint density at radius 1 is 1.18 bits per heavy atom. The molecular weight excluding hydrogens is 531 g/mol. The number of carboxylic acid groups (broad SMARTS) is 1. The summed E-state index contributed by atoms with van der Waals surface area (Å²) in [5, 5.41) is 10.1. The molecule has 1 aliphatic heterocycles. The third-order valence-electron chi connectivity index (χ3n) is 7.55. The Labute approximate surface area is 229 Å². The van der Waals surface area contributed by atoms with Gasteiger partial charge in [0, 0.05) is 28.3 Å². The Balaban J connectivity index is 1.45. The number of rotatable bonds is 9. The van der Waals surface area contributed by atoms with Crippen molar-refractivity contribution in [1.29, 1.82) is 0 Å². The second kappa shape index (κ2) is 12.6. The van der Waals surface area contributed by atoms with Crippen LogP contribution in [0.4, 0.5) is 22.0 Å². The third kappa shape index (κ3) is 6.70. The number of aromatic nitrogens is 1. The number of likely N-dealkylation sites (tertiary alicyclic amines) is 1. The maximum Gasteiger partial charge on any atom is 0.303 e. The lowest BCUT2D eigenvalue weighted by Gasteiger charge is -2.41. The van der Waals surface area contributed by atoms with Crippen LogP contribution in [0, 0.1) is 34.7 Å². The van der Waals surface area contributed by atoms with Crippen LogP contribution in [0.5, 0.6) is 5.75 Å². The monoisotopic (exact) mass is 560 g/mol. The largest absolute Gasteiger partial charge is 0.497 e. The predicted molar refractivity (Wildman–Crippen MR) is 140 cm³/mol. The number of aliphatic carboxylic acids is 1. The number of carbonyl (C=O) groups is 1. The van der Waals surface area contributed by atoms with Crippen molar-refractivity contribution in [1.82, 2.24) is 9.88 Å². The van der Waals surface area contributed by atoms with E-state index in [0.29, 0.717) is 42.6 Å². The summed E-state index contributed by atoms with van der Waals surface area (Å²) in [5.74, 6) is 0.766. The van der Waals surface area contributed by atoms with E-state index < -0.39 is 41.7 Å². The first-order valence-electron chi connectivity index (χ1n) is 12.9. The van der Waals surface area contributed by atoms with Gasteiger partial charge in [-0.15, -0.1) is 0 Å². The van der Waals surface area contributed by atoms with Gasteiger partial charge in [-0.2, -0.15) is 0 Å². The number of hydrogen-bond acceptors (Lipinski definition) is 4. The van der Waals surface area contributed by atoms with E-state index in [1.165, 1.54) is 13.3 Å². The first-order valence-corrected chi connectivity index (χ1v) is 12.9. The number of alkyl halides is 2. The van der Waals surface area contributed by atoms with E-state index in [-0.39, 0.29) is 42.5 Å². The number of methoxy groups -OCH3 is 1. The zero-order valence-corrected chi connectivity index (χ0v) is 22.0. The molecule has 1 atom stereocenters. The third-order valence-corrected chi connectivity index (χ3v) is 7.55. The highest BCUT2D eigenvalue weighted by Gasteiger charge is 2.37. The van der Waals surface area contributed by atoms with Crippen molar-refractivity contribution >= 4 is 16.9 Å². The molecule has 0 amide bonds. The Bertz CT molecular complexity index is 1420. The van der Waals surface area contributed by atoms with Crippen molar-refractivity contribution in [2.45, 2.75) is 45.0 Å². The number of fused-ring (bicyclic) bond motifs is 1. The second-order valence-electron chi connectivity index (χ2n) is 10.1. The van der Waals surface area contributed by atoms with Crippen molar-refractivity contribution < 1.29 is 36.6 Å². The molecule has 0 aliphatic carbocycles. The summed E-state index contributed by atoms with van der Waals surface area (Å²) in [6.07, 6.45) is 0.926. The summed E-state index contributed by atoms with van der Waals surface area (Å²) in [5.41, 5.74) is 0.223. The lowest BCUT2D eigenvalue weighted by atomic mass is 9.71. The van der Waals surface area contributed by atoms with Gasteiger partial charge in [0.2, 0.25) is 0 Å². The molecule has 1 N–H and O–H groups in total. The van der Waals surface area contributed by atoms with Crippen molar-refractivity contribution in [2.24, 2.45) is 5.41 Å². The fourth-order valence-electron chi connectivity index (χ4n) is 5.32. The van der Waals surface area contributed by atoms with Gasteiger partial charge in [0.05, 0.1) is 25.6 Å². The summed E-state index contributed by atoms with van der Waals surface area (Å²) in [6.45, 7) is 0.371. The molecule has 212 valence electrons. The van der Waals surface area contributed by atoms with Crippen LogP contribution in [0.2, 0.25) is 0 Å². The maximum atomic E-state index is 15.8. The fourth-order valence-corrected chi connectivity index (χ4v) is 5.32. The van der Waals surface area contributed by atoms with E-state index in [0.717, 1.165) is 12.1 Å². The van der Waals surface area contributed by atoms with E-state index in [4.69, 9.17) is 4.74 Å². The molecule has 1 fully saturated rings. The molecule has 0 bridgehead atoms. The van der Waals surface area contributed by atoms with Gasteiger partial charge in [-0.3, -0.25) is 14.7 Å². The van der Waals surface area contributed by atoms with E-state index >= 15 is 4.39 Å². The molecule has 0 spiro atoms. The number of halogens is 5. The molecule has 0 radical (unpaired) electrons. The van der Waals surface area contributed by atoms with Crippen molar-refractivity contribution in [3.05, 3.63) is 70.7 Å². The van der Waals surface area contributed by atoms with Crippen molar-refractivity contribution in [3.63, 3.8) is 0 Å². The molecule has 5 nitrogen and oxygen atoms in total. The standard InChI is InChI=1S/C30H29F5N2O3/c1-40-21-4-5-26-22(15-21)28(20(17-31)18-36-26)23(32)6-7-30(16-27(38)39)8-11-37(12-9-30)10-2-3-19-13-24(33)29(35)25(34)14-19/h4-5,13-15,18,23H,6-12,16-17H2,1H3,(H,38,39). The van der Waals surface area contributed by atoms with Gasteiger partial charge >= 0.3 is 5.97 Å². The minimum Gasteiger partial charge on any atom is -0.497 e. The Kier molecular flexibility index (Phi) is 9.25. The normalized spacial score (nSPS) is 15.8. The summed E-state index contributed by atoms with van der Waals surface area (Å²) >= 11 is 0. The summed E-state index contributed by atoms with van der Waals surface area (Å²) in [6, 6.07) is 6.65. The van der Waals surface area contributed by atoms with Crippen molar-refractivity contribution in [2.75, 3.05) is 26.7 Å². The van der Waals surface area contributed by atoms with Crippen LogP contribution in [0.25, 0.3) is 10.9 Å². The van der Waals surface area contributed by atoms with Gasteiger partial charge in [-0.25, -0.2) is 22.0 Å². The topological polar surface area (TPSA) is 62.7 Å². The zero-order valence-electron chi connectivity index (χ0n) is 22.0. The summed E-state index contributed by atoms with van der Waals surface area (Å²) in [4.78, 5) is 17.9. The number of hydrogen-bond donors (Lipinski definition) is 1. The minimum atomic E-state index is -1.55. The van der Waals surface area contributed by atoms with Gasteiger partial charge in [0.1, 0.15) is 18.6 Å². The zero-order chi connectivity index (χ0) is 28.9. The average Bonchev–Trinajstić information content (AvgIpc) is 2.94. The van der Waals surface area contributed by atoms with Crippen molar-refractivity contribution in [3.8, 4) is 17.6 Å². The number of piperidine rings is 1. The molecule has 1 aromatic heterocycles. The van der Waals surface area contributed by atoms with Gasteiger partial charge in [0.25, 0.3) is 0 Å². The average molecular weight is 561 g/mol. The van der Waals surface area contributed by atoms with Crippen LogP contribution >= 0.6 is 0 Å². The molecule has 0 saturated carbocycles. The van der Waals surface area contributed by atoms with Gasteiger partial charge in [-0.05, 0) is 74.5 Å². The Morgan fingerprint density at radius 3 is 2.50 bits per heavy atom. The molecule has 1 unspecified atom stereocenters. The van der Waals surface area contributed by atoms with Gasteiger partial charge in [-0.1, -0.05) is 11.8 Å². The number of carboxylic acids is 1. The van der Waals surface area contributed by atoms with Crippen LogP contribution in [0.15, 0.2) is 36.5 Å². The maximum absolute atomic E-state index is 15.8. The van der Waals surface area contributed by atoms with Crippen LogP contribution in [-0.2, 0) is 11.5 Å². The molecule has 10 heteroatoms. The van der Waals surface area contributed by atoms with E-state index in [1.54, 1.807) is 18.2 Å². The summed E-state index contributed by atoms with van der Waals surface area (Å²) < 4.78 is 74.8. The molecule has 4 rings (SSSR count). The SMILES string of the molecule is COc1ccc2ncc(CF)c(C(F)CCC3(CC(=O)O)CCN(CC#Cc4cc(F)c(F)c(F)c4)CC3)c2c1. The highest BCUT2D eigenvalue weighted by atomic mass is 19.2. The molecular formula is C30H29F5N2O3. The fraction of sp³-hybridized carbons (Fsp3) is 0.400. The van der Waals surface area contributed by atoms with E-state index in [2.05, 4.69) is 16.8 Å². The number of ether oxygens (including phenoxy) is 1. The van der Waals surface area contributed by atoms with Crippen LogP contribution in [-0.4, -0.2) is 47.7 Å². The molecule has 2 aromatic carbocycles. The van der Waals surface area contributed by atoms with Crippen LogP contribution in [0.1, 0.15) is 55.0 Å². The Hall–Kier alpha value is -3.71. The smallest absolute Gasteiger partial charge is 0.303 e. The summed E-state index contributed by atoms with van der Waals surface area (Å²) in [7, 11) is 1.48. The molecule has 2 heterocycles. The quantitative estimate of drug-likeness (QED) is 0.183. The Morgan fingerprint density at radius 2 is 1.88 bits per heavy atom. The van der Waals surface area contributed by atoms with E-state index in [1.807, 2.05) is 4.90 Å². The number of nitrogens with zero attached hydrogens (tertiary/aromatic N) is 2. The molecule has 40 heavy (non-hydrogen) atoms. The highest BCUT2D eigenvalue weighted by Crippen LogP contribution is 2.43. The molecule has 3 aromatic rings. The first kappa shape index (κ1) is 29.3. The van der Waals surface area contributed by atoms with Crippen LogP contribution in [0.3, 0.4) is 0 Å². The molecule has 1 aliphatic rings. The van der Waals surface area contributed by atoms with Gasteiger partial charge < -0.3 is 9.84 Å². The van der Waals surface area contributed by atoms with Gasteiger partial charge in [0.15, 0.2) is 17.5 Å². The lowest BCUT2D eigenvalue weighted by Crippen LogP contribution is -2.41. The second-order valence-corrected chi connectivity index (χ2v) is 10.1. The van der Waals surface area contributed by atoms with E-state index in [9.17, 15) is 27.5 Å². The predicted octanol–water partition coefficient (Wildman–Crippen LogP) is 6.53. The molecule has 1 saturated heterocycles. The lowest BCUT2D eigenvalue weighted by molar-refractivity contribution is -0.141. The minimum absolute atomic E-state index is 0.0107. The highest BCUT2D eigenvalue weighted by molar-refractivity contribution is 5.85. The first-order chi connectivity index (χ1) is 19.1. The number of benzene rings is 2. The van der Waals surface area contributed by atoms with Crippen LogP contribution < -0.4 is 4.74 Å².